The summed E-state index contributed by atoms with van der Waals surface area (Å²) < 4.78 is 21.8. The van der Waals surface area contributed by atoms with Crippen LogP contribution in [-0.4, -0.2) is 53.8 Å². The van der Waals surface area contributed by atoms with Crippen LogP contribution in [0.25, 0.3) is 0 Å². The molecule has 36 heavy (non-hydrogen) atoms. The van der Waals surface area contributed by atoms with E-state index in [0.29, 0.717) is 0 Å². The number of aliphatic hydroxyl groups is 1. The van der Waals surface area contributed by atoms with Crippen molar-refractivity contribution in [3.63, 3.8) is 0 Å². The van der Waals surface area contributed by atoms with Gasteiger partial charge in [-0.3, -0.25) is 0 Å². The average molecular weight is 653 g/mol. The molecule has 0 aliphatic heterocycles. The van der Waals surface area contributed by atoms with E-state index in [1.807, 2.05) is 10.2 Å². The van der Waals surface area contributed by atoms with Crippen molar-refractivity contribution in [2.45, 2.75) is 123 Å². The molecule has 1 unspecified atom stereocenters. The van der Waals surface area contributed by atoms with Crippen LogP contribution in [0.3, 0.4) is 0 Å². The van der Waals surface area contributed by atoms with E-state index in [0.717, 1.165) is 24.6 Å². The first kappa shape index (κ1) is 36.2. The molecule has 212 valence electrons. The van der Waals surface area contributed by atoms with Gasteiger partial charge in [-0.05, 0) is 53.7 Å². The molecule has 0 bridgehead atoms. The summed E-state index contributed by atoms with van der Waals surface area (Å²) in [6, 6.07) is 3.29. The summed E-state index contributed by atoms with van der Waals surface area (Å²) in [5, 5.41) is 10.2. The van der Waals surface area contributed by atoms with E-state index in [9.17, 15) is 5.11 Å². The highest BCUT2D eigenvalue weighted by Crippen LogP contribution is 2.38. The fourth-order valence-corrected chi connectivity index (χ4v) is 8.89. The lowest BCUT2D eigenvalue weighted by Crippen LogP contribution is -2.47. The number of hydrogen-bond donors (Lipinski definition) is 1. The Balaban J connectivity index is 5.96. The standard InChI is InChI=1S/C29H57IO4Si2/c1-13-36(14-2,15-3)34-28(24(5)22-31)25(6)27(32-10)21-23(4)20-26(18-16-17-19-30)33-35(11,12)29(7,8)9/h16-19,21,24-28,31H,13-15,20,22H2,1-12H3/b18-16+,19-17+,23-21+/t24-,25-,26?,27-,28-/m0/s1. The Hall–Kier alpha value is 0.224. The molecule has 5 atom stereocenters. The first-order chi connectivity index (χ1) is 16.7. The summed E-state index contributed by atoms with van der Waals surface area (Å²) in [6.45, 7) is 24.8. The topological polar surface area (TPSA) is 47.9 Å². The Morgan fingerprint density at radius 1 is 1.00 bits per heavy atom. The lowest BCUT2D eigenvalue weighted by molar-refractivity contribution is -0.0110. The third kappa shape index (κ3) is 11.5. The van der Waals surface area contributed by atoms with Crippen molar-refractivity contribution >= 4 is 39.2 Å². The molecule has 0 saturated carbocycles. The largest absolute Gasteiger partial charge is 0.413 e. The predicted octanol–water partition coefficient (Wildman–Crippen LogP) is 8.89. The molecule has 7 heteroatoms. The van der Waals surface area contributed by atoms with Crippen molar-refractivity contribution < 1.29 is 18.7 Å². The fourth-order valence-electron chi connectivity index (χ4n) is 4.36. The maximum Gasteiger partial charge on any atom is 0.192 e. The molecule has 0 aromatic rings. The quantitative estimate of drug-likeness (QED) is 0.0738. The Morgan fingerprint density at radius 3 is 1.97 bits per heavy atom. The van der Waals surface area contributed by atoms with Gasteiger partial charge in [-0.1, -0.05) is 108 Å². The smallest absolute Gasteiger partial charge is 0.192 e. The van der Waals surface area contributed by atoms with Crippen LogP contribution in [0.5, 0.6) is 0 Å². The molecule has 0 rings (SSSR count). The molecule has 0 radical (unpaired) electrons. The van der Waals surface area contributed by atoms with Crippen LogP contribution in [0.1, 0.15) is 68.7 Å². The molecular formula is C29H57IO4Si2. The maximum atomic E-state index is 10.1. The summed E-state index contributed by atoms with van der Waals surface area (Å²) in [4.78, 5) is 0. The van der Waals surface area contributed by atoms with Gasteiger partial charge in [0.25, 0.3) is 0 Å². The second-order valence-electron chi connectivity index (χ2n) is 11.9. The molecule has 0 fully saturated rings. The van der Waals surface area contributed by atoms with Crippen LogP contribution in [0.2, 0.25) is 36.3 Å². The zero-order chi connectivity index (χ0) is 28.2. The molecule has 1 N–H and O–H groups in total. The van der Waals surface area contributed by atoms with Gasteiger partial charge in [0, 0.05) is 25.6 Å². The van der Waals surface area contributed by atoms with Crippen LogP contribution < -0.4 is 0 Å². The first-order valence-corrected chi connectivity index (χ1v) is 20.5. The zero-order valence-electron chi connectivity index (χ0n) is 25.4. The molecule has 0 aromatic heterocycles. The van der Waals surface area contributed by atoms with Gasteiger partial charge < -0.3 is 18.7 Å². The van der Waals surface area contributed by atoms with E-state index in [1.54, 1.807) is 7.11 Å². The van der Waals surface area contributed by atoms with Crippen molar-refractivity contribution in [2.75, 3.05) is 13.7 Å². The third-order valence-electron chi connectivity index (χ3n) is 8.21. The van der Waals surface area contributed by atoms with Crippen LogP contribution in [0, 0.1) is 11.8 Å². The van der Waals surface area contributed by atoms with Crippen molar-refractivity contribution in [1.82, 2.24) is 0 Å². The van der Waals surface area contributed by atoms with E-state index in [-0.39, 0.29) is 41.8 Å². The van der Waals surface area contributed by atoms with Gasteiger partial charge in [0.05, 0.1) is 18.3 Å². The lowest BCUT2D eigenvalue weighted by atomic mass is 9.88. The van der Waals surface area contributed by atoms with Gasteiger partial charge in [-0.2, -0.15) is 0 Å². The summed E-state index contributed by atoms with van der Waals surface area (Å²) in [6.07, 6.45) is 9.28. The van der Waals surface area contributed by atoms with Gasteiger partial charge in [0.1, 0.15) is 0 Å². The molecule has 0 aliphatic carbocycles. The van der Waals surface area contributed by atoms with Gasteiger partial charge in [0.15, 0.2) is 16.6 Å². The fraction of sp³-hybridized carbons (Fsp3) is 0.793. The number of aliphatic hydroxyl groups excluding tert-OH is 1. The Kier molecular flexibility index (Phi) is 17.1. The van der Waals surface area contributed by atoms with Gasteiger partial charge in [-0.25, -0.2) is 0 Å². The second-order valence-corrected chi connectivity index (χ2v) is 22.1. The van der Waals surface area contributed by atoms with Crippen LogP contribution in [-0.2, 0) is 13.6 Å². The SMILES string of the molecule is CC[Si](CC)(CC)O[C@H]([C@@H](C)[C@H](/C=C(\C)CC(/C=C/C=C/I)O[Si](C)(C)C(C)(C)C)OC)[C@@H](C)CO. The maximum absolute atomic E-state index is 10.1. The van der Waals surface area contributed by atoms with Gasteiger partial charge in [-0.15, -0.1) is 0 Å². The molecule has 0 aliphatic rings. The van der Waals surface area contributed by atoms with Crippen LogP contribution >= 0.6 is 22.6 Å². The second kappa shape index (κ2) is 17.0. The van der Waals surface area contributed by atoms with E-state index in [1.165, 1.54) is 5.57 Å². The van der Waals surface area contributed by atoms with E-state index in [2.05, 4.69) is 116 Å². The molecule has 4 nitrogen and oxygen atoms in total. The molecule has 0 aromatic carbocycles. The van der Waals surface area contributed by atoms with Crippen molar-refractivity contribution in [3.05, 3.63) is 34.0 Å². The predicted molar refractivity (Wildman–Crippen MR) is 171 cm³/mol. The van der Waals surface area contributed by atoms with E-state index >= 15 is 0 Å². The normalized spacial score (nSPS) is 18.6. The molecule has 0 amide bonds. The van der Waals surface area contributed by atoms with Gasteiger partial charge >= 0.3 is 0 Å². The number of ether oxygens (including phenoxy) is 1. The average Bonchev–Trinajstić information content (AvgIpc) is 2.82. The number of halogens is 1. The number of hydrogen-bond acceptors (Lipinski definition) is 4. The summed E-state index contributed by atoms with van der Waals surface area (Å²) in [7, 11) is -1.97. The lowest BCUT2D eigenvalue weighted by Gasteiger charge is -2.40. The minimum Gasteiger partial charge on any atom is -0.413 e. The summed E-state index contributed by atoms with van der Waals surface area (Å²) in [5.74, 6) is 0.182. The van der Waals surface area contributed by atoms with Gasteiger partial charge in [0.2, 0.25) is 0 Å². The Bertz CT molecular complexity index is 688. The van der Waals surface area contributed by atoms with E-state index in [4.69, 9.17) is 13.6 Å². The Labute approximate surface area is 239 Å². The molecule has 0 heterocycles. The van der Waals surface area contributed by atoms with Crippen LogP contribution in [0.15, 0.2) is 34.0 Å². The Morgan fingerprint density at radius 2 is 1.56 bits per heavy atom. The highest BCUT2D eigenvalue weighted by molar-refractivity contribution is 14.1. The first-order valence-electron chi connectivity index (χ1n) is 13.8. The monoisotopic (exact) mass is 652 g/mol. The zero-order valence-corrected chi connectivity index (χ0v) is 29.5. The number of rotatable bonds is 17. The van der Waals surface area contributed by atoms with Crippen LogP contribution in [0.4, 0.5) is 0 Å². The number of allylic oxidation sites excluding steroid dienone is 2. The highest BCUT2D eigenvalue weighted by Gasteiger charge is 2.40. The minimum absolute atomic E-state index is 0.0197. The van der Waals surface area contributed by atoms with E-state index < -0.39 is 16.6 Å². The number of methoxy groups -OCH3 is 1. The van der Waals surface area contributed by atoms with Crippen molar-refractivity contribution in [3.8, 4) is 0 Å². The highest BCUT2D eigenvalue weighted by atomic mass is 127. The molecule has 0 saturated heterocycles. The summed E-state index contributed by atoms with van der Waals surface area (Å²) >= 11 is 2.24. The van der Waals surface area contributed by atoms with Crippen molar-refractivity contribution in [1.29, 1.82) is 0 Å². The minimum atomic E-state index is -1.92. The molecule has 0 spiro atoms. The summed E-state index contributed by atoms with van der Waals surface area (Å²) in [5.41, 5.74) is 1.25. The molecular weight excluding hydrogens is 595 g/mol. The third-order valence-corrected chi connectivity index (χ3v) is 17.8. The van der Waals surface area contributed by atoms with Crippen molar-refractivity contribution in [2.24, 2.45) is 11.8 Å².